The van der Waals surface area contributed by atoms with Gasteiger partial charge in [0.05, 0.1) is 4.01 Å². The van der Waals surface area contributed by atoms with Crippen molar-refractivity contribution in [3.8, 4) is 11.1 Å². The van der Waals surface area contributed by atoms with E-state index in [1.165, 1.54) is 42.4 Å². The van der Waals surface area contributed by atoms with Crippen LogP contribution in [0.25, 0.3) is 31.3 Å². The molecule has 0 aliphatic heterocycles. The Kier molecular flexibility index (Phi) is 1.86. The summed E-state index contributed by atoms with van der Waals surface area (Å²) in [7, 11) is 0. The van der Waals surface area contributed by atoms with E-state index >= 15 is 0 Å². The summed E-state index contributed by atoms with van der Waals surface area (Å²) in [5, 5.41) is 8.88. The van der Waals surface area contributed by atoms with Gasteiger partial charge >= 0.3 is 0 Å². The molecule has 0 nitrogen and oxygen atoms in total. The van der Waals surface area contributed by atoms with Gasteiger partial charge in [0.25, 0.3) is 0 Å². The molecule has 0 spiro atoms. The summed E-state index contributed by atoms with van der Waals surface area (Å²) in [6, 6.07) is 13.4. The Morgan fingerprint density at radius 3 is 2.47 bits per heavy atom. The number of thiophene rings is 2. The van der Waals surface area contributed by atoms with E-state index in [0.717, 1.165) is 6.42 Å². The Labute approximate surface area is 118 Å². The van der Waals surface area contributed by atoms with Crippen molar-refractivity contribution in [3.63, 3.8) is 0 Å². The lowest BCUT2D eigenvalue weighted by molar-refractivity contribution is 1.22. The Bertz CT molecular complexity index is 940. The lowest BCUT2D eigenvalue weighted by Gasteiger charge is -2.16. The van der Waals surface area contributed by atoms with Gasteiger partial charge in [-0.05, 0) is 45.3 Å². The average Bonchev–Trinajstić information content (AvgIpc) is 3.03. The molecule has 0 bridgehead atoms. The lowest BCUT2D eigenvalue weighted by Crippen LogP contribution is -1.97. The van der Waals surface area contributed by atoms with E-state index in [2.05, 4.69) is 47.2 Å². The molecule has 90 valence electrons. The van der Waals surface area contributed by atoms with Crippen molar-refractivity contribution in [3.05, 3.63) is 58.3 Å². The van der Waals surface area contributed by atoms with Crippen LogP contribution in [0.1, 0.15) is 11.1 Å². The molecular formula is C17H10S2. The Hall–Kier alpha value is -1.64. The molecule has 2 aromatic heterocycles. The van der Waals surface area contributed by atoms with Crippen LogP contribution in [0.3, 0.4) is 0 Å². The SMILES string of the molecule is c1ccc2cc3c(cc2c1)Cc1csc2scc-3c12. The fourth-order valence-electron chi connectivity index (χ4n) is 3.13. The molecule has 2 heterocycles. The molecule has 0 amide bonds. The summed E-state index contributed by atoms with van der Waals surface area (Å²) in [6.07, 6.45) is 1.09. The fraction of sp³-hybridized carbons (Fsp3) is 0.0588. The van der Waals surface area contributed by atoms with Crippen LogP contribution in [0.2, 0.25) is 0 Å². The lowest BCUT2D eigenvalue weighted by atomic mass is 9.87. The summed E-state index contributed by atoms with van der Waals surface area (Å²) >= 11 is 3.78. The zero-order chi connectivity index (χ0) is 12.4. The molecule has 0 fully saturated rings. The molecule has 2 aromatic carbocycles. The van der Waals surface area contributed by atoms with Crippen LogP contribution in [0, 0.1) is 0 Å². The Balaban J connectivity index is 1.95. The molecule has 1 aliphatic rings. The summed E-state index contributed by atoms with van der Waals surface area (Å²) in [5.74, 6) is 0. The van der Waals surface area contributed by atoms with E-state index in [9.17, 15) is 0 Å². The van der Waals surface area contributed by atoms with E-state index in [4.69, 9.17) is 0 Å². The van der Waals surface area contributed by atoms with Gasteiger partial charge in [0.1, 0.15) is 0 Å². The van der Waals surface area contributed by atoms with Crippen LogP contribution < -0.4 is 0 Å². The van der Waals surface area contributed by atoms with Crippen molar-refractivity contribution in [2.75, 3.05) is 0 Å². The third-order valence-corrected chi connectivity index (χ3v) is 6.20. The van der Waals surface area contributed by atoms with Crippen LogP contribution in [-0.2, 0) is 6.42 Å². The molecule has 0 saturated carbocycles. The number of rotatable bonds is 0. The first-order valence-electron chi connectivity index (χ1n) is 6.40. The molecule has 0 saturated heterocycles. The average molecular weight is 278 g/mol. The highest BCUT2D eigenvalue weighted by Gasteiger charge is 2.21. The van der Waals surface area contributed by atoms with Gasteiger partial charge in [0.2, 0.25) is 0 Å². The summed E-state index contributed by atoms with van der Waals surface area (Å²) in [4.78, 5) is 0. The highest BCUT2D eigenvalue weighted by Crippen LogP contribution is 2.46. The van der Waals surface area contributed by atoms with Gasteiger partial charge in [0.15, 0.2) is 0 Å². The molecule has 1 aliphatic carbocycles. The van der Waals surface area contributed by atoms with Gasteiger partial charge in [-0.3, -0.25) is 0 Å². The standard InChI is InChI=1S/C17H10S2/c1-2-4-11-7-14-12(5-10(11)3-1)6-13-8-18-17-16(13)15(14)9-19-17/h1-5,7-9H,6H2. The number of hydrogen-bond donors (Lipinski definition) is 0. The van der Waals surface area contributed by atoms with Crippen molar-refractivity contribution in [2.45, 2.75) is 6.42 Å². The maximum absolute atomic E-state index is 2.37. The second kappa shape index (κ2) is 3.47. The van der Waals surface area contributed by atoms with Crippen molar-refractivity contribution >= 4 is 42.8 Å². The third-order valence-electron chi connectivity index (χ3n) is 4.03. The zero-order valence-electron chi connectivity index (χ0n) is 10.1. The first kappa shape index (κ1) is 10.2. The molecule has 4 aromatic rings. The first-order chi connectivity index (χ1) is 9.40. The van der Waals surface area contributed by atoms with E-state index < -0.39 is 0 Å². The predicted molar refractivity (Wildman–Crippen MR) is 85.5 cm³/mol. The minimum Gasteiger partial charge on any atom is -0.132 e. The van der Waals surface area contributed by atoms with Crippen LogP contribution >= 0.6 is 22.7 Å². The normalized spacial score (nSPS) is 13.1. The van der Waals surface area contributed by atoms with Gasteiger partial charge in [0, 0.05) is 16.3 Å². The van der Waals surface area contributed by atoms with Gasteiger partial charge in [-0.15, -0.1) is 22.7 Å². The highest BCUT2D eigenvalue weighted by molar-refractivity contribution is 7.37. The van der Waals surface area contributed by atoms with Crippen molar-refractivity contribution in [1.82, 2.24) is 0 Å². The smallest absolute Gasteiger partial charge is 0.0874 e. The zero-order valence-corrected chi connectivity index (χ0v) is 11.8. The molecule has 0 N–H and O–H groups in total. The van der Waals surface area contributed by atoms with Gasteiger partial charge in [-0.25, -0.2) is 0 Å². The minimum absolute atomic E-state index is 1.09. The topological polar surface area (TPSA) is 0 Å². The number of hydrogen-bond acceptors (Lipinski definition) is 2. The molecule has 2 heteroatoms. The Morgan fingerprint density at radius 2 is 1.58 bits per heavy atom. The maximum Gasteiger partial charge on any atom is 0.0874 e. The van der Waals surface area contributed by atoms with Gasteiger partial charge in [-0.1, -0.05) is 30.3 Å². The third kappa shape index (κ3) is 1.28. The molecule has 0 unspecified atom stereocenters. The highest BCUT2D eigenvalue weighted by atomic mass is 32.2. The van der Waals surface area contributed by atoms with E-state index in [0.29, 0.717) is 0 Å². The predicted octanol–water partition coefficient (Wildman–Crippen LogP) is 5.69. The monoisotopic (exact) mass is 278 g/mol. The van der Waals surface area contributed by atoms with Crippen molar-refractivity contribution in [1.29, 1.82) is 0 Å². The molecular weight excluding hydrogens is 268 g/mol. The Morgan fingerprint density at radius 1 is 0.789 bits per heavy atom. The van der Waals surface area contributed by atoms with Crippen molar-refractivity contribution < 1.29 is 0 Å². The van der Waals surface area contributed by atoms with Crippen LogP contribution in [-0.4, -0.2) is 0 Å². The first-order valence-corrected chi connectivity index (χ1v) is 8.16. The largest absolute Gasteiger partial charge is 0.132 e. The van der Waals surface area contributed by atoms with Gasteiger partial charge < -0.3 is 0 Å². The fourth-order valence-corrected chi connectivity index (χ4v) is 5.28. The second-order valence-corrected chi connectivity index (χ2v) is 7.12. The molecule has 19 heavy (non-hydrogen) atoms. The summed E-state index contributed by atoms with van der Waals surface area (Å²) in [6.45, 7) is 0. The number of benzene rings is 2. The van der Waals surface area contributed by atoms with E-state index in [-0.39, 0.29) is 0 Å². The quantitative estimate of drug-likeness (QED) is 0.341. The van der Waals surface area contributed by atoms with Gasteiger partial charge in [-0.2, -0.15) is 0 Å². The van der Waals surface area contributed by atoms with E-state index in [1.807, 2.05) is 22.7 Å². The summed E-state index contributed by atoms with van der Waals surface area (Å²) in [5.41, 5.74) is 5.88. The van der Waals surface area contributed by atoms with Crippen LogP contribution in [0.15, 0.2) is 47.2 Å². The van der Waals surface area contributed by atoms with E-state index in [1.54, 1.807) is 0 Å². The maximum atomic E-state index is 2.37. The molecule has 5 rings (SSSR count). The van der Waals surface area contributed by atoms with Crippen LogP contribution in [0.5, 0.6) is 0 Å². The van der Waals surface area contributed by atoms with Crippen molar-refractivity contribution in [2.24, 2.45) is 0 Å². The number of fused-ring (bicyclic) bond motifs is 3. The molecule has 0 atom stereocenters. The summed E-state index contributed by atoms with van der Waals surface area (Å²) < 4.78 is 1.48. The second-order valence-electron chi connectivity index (χ2n) is 5.11. The van der Waals surface area contributed by atoms with Crippen LogP contribution in [0.4, 0.5) is 0 Å². The molecule has 0 radical (unpaired) electrons. The minimum atomic E-state index is 1.09.